The van der Waals surface area contributed by atoms with Gasteiger partial charge in [0, 0.05) is 95.8 Å². The number of urea groups is 2. The van der Waals surface area contributed by atoms with E-state index in [4.69, 9.17) is 9.47 Å². The Morgan fingerprint density at radius 3 is 1.51 bits per heavy atom. The van der Waals surface area contributed by atoms with Gasteiger partial charge >= 0.3 is 12.1 Å². The molecular weight excluding hydrogens is 608 g/mol. The first-order chi connectivity index (χ1) is 22.6. The molecular formula is C31H46N10O6. The molecule has 0 bridgehead atoms. The Kier molecular flexibility index (Phi) is 12.5. The summed E-state index contributed by atoms with van der Waals surface area (Å²) in [5, 5.41) is 17.7. The third kappa shape index (κ3) is 10.1. The highest BCUT2D eigenvalue weighted by atomic mass is 16.5. The highest BCUT2D eigenvalue weighted by Gasteiger charge is 2.46. The number of hydrogen-bond donors (Lipinski definition) is 6. The van der Waals surface area contributed by atoms with Gasteiger partial charge in [-0.2, -0.15) is 9.97 Å². The Morgan fingerprint density at radius 2 is 1.13 bits per heavy atom. The van der Waals surface area contributed by atoms with Gasteiger partial charge in [-0.05, 0) is 37.1 Å². The lowest BCUT2D eigenvalue weighted by Gasteiger charge is -2.25. The second-order valence-electron chi connectivity index (χ2n) is 11.8. The van der Waals surface area contributed by atoms with Crippen LogP contribution in [0.15, 0.2) is 24.3 Å². The van der Waals surface area contributed by atoms with Crippen LogP contribution in [0.4, 0.5) is 21.2 Å². The zero-order chi connectivity index (χ0) is 33.8. The highest BCUT2D eigenvalue weighted by Crippen LogP contribution is 2.40. The van der Waals surface area contributed by atoms with E-state index in [2.05, 4.69) is 41.9 Å². The summed E-state index contributed by atoms with van der Waals surface area (Å²) in [7, 11) is 3.06. The Morgan fingerprint density at radius 1 is 0.702 bits per heavy atom. The molecule has 256 valence electrons. The maximum atomic E-state index is 13.2. The predicted octanol–water partition coefficient (Wildman–Crippen LogP) is 1.11. The van der Waals surface area contributed by atoms with Gasteiger partial charge in [0.25, 0.3) is 0 Å². The Hall–Kier alpha value is -4.70. The minimum absolute atomic E-state index is 0.0788. The summed E-state index contributed by atoms with van der Waals surface area (Å²) in [4.78, 5) is 60.8. The van der Waals surface area contributed by atoms with Gasteiger partial charge in [0.15, 0.2) is 0 Å². The molecule has 16 heteroatoms. The number of carbonyl (C=O) groups is 4. The number of amides is 6. The van der Waals surface area contributed by atoms with E-state index >= 15 is 0 Å². The summed E-state index contributed by atoms with van der Waals surface area (Å²) in [6, 6.07) is 6.66. The number of methoxy groups -OCH3 is 2. The molecule has 2 aromatic rings. The van der Waals surface area contributed by atoms with Gasteiger partial charge in [-0.25, -0.2) is 9.59 Å². The standard InChI is InChI=1S/C31H46N10O6/c1-21(42)34-13-11-32-17-23-5-7-25(36-27(23)46-3)38-29(44)40-15-9-31(19-40)10-16-41(20-31)30(45)39-26-8-6-24(28(37-26)47-4)18-33-12-14-35-22(2)43/h5-8,32-33H,9-20H2,1-4H3,(H,34,42)(H,35,43)(H,36,38,44)(H,37,39,45). The third-order valence-corrected chi connectivity index (χ3v) is 8.17. The van der Waals surface area contributed by atoms with E-state index in [-0.39, 0.29) is 29.3 Å². The molecule has 4 heterocycles. The minimum Gasteiger partial charge on any atom is -0.481 e. The average molecular weight is 655 g/mol. The van der Waals surface area contributed by atoms with Crippen LogP contribution in [0.5, 0.6) is 11.8 Å². The molecule has 2 fully saturated rings. The van der Waals surface area contributed by atoms with Gasteiger partial charge < -0.3 is 40.5 Å². The van der Waals surface area contributed by atoms with Crippen LogP contribution in [0, 0.1) is 5.41 Å². The van der Waals surface area contributed by atoms with Gasteiger partial charge in [-0.1, -0.05) is 0 Å². The molecule has 6 amide bonds. The number of rotatable bonds is 14. The van der Waals surface area contributed by atoms with Crippen LogP contribution in [0.1, 0.15) is 37.8 Å². The summed E-state index contributed by atoms with van der Waals surface area (Å²) >= 11 is 0. The Labute approximate surface area is 274 Å². The van der Waals surface area contributed by atoms with E-state index in [1.807, 2.05) is 12.1 Å². The number of anilines is 2. The van der Waals surface area contributed by atoms with Crippen LogP contribution in [0.3, 0.4) is 0 Å². The summed E-state index contributed by atoms with van der Waals surface area (Å²) in [5.74, 6) is 1.42. The second kappa shape index (κ2) is 16.7. The SMILES string of the molecule is COc1nc(NC(=O)N2CCC3(CCN(C(=O)Nc4ccc(CNCCNC(C)=O)c(OC)n4)C3)C2)ccc1CNCCNC(C)=O. The molecule has 16 nitrogen and oxygen atoms in total. The van der Waals surface area contributed by atoms with Crippen LogP contribution < -0.4 is 41.4 Å². The van der Waals surface area contributed by atoms with E-state index in [0.717, 1.165) is 24.0 Å². The van der Waals surface area contributed by atoms with Crippen molar-refractivity contribution in [3.05, 3.63) is 35.4 Å². The first-order valence-corrected chi connectivity index (χ1v) is 15.7. The number of nitrogens with one attached hydrogen (secondary N) is 6. The normalized spacial score (nSPS) is 15.0. The zero-order valence-electron chi connectivity index (χ0n) is 27.5. The molecule has 0 unspecified atom stereocenters. The number of pyridine rings is 2. The number of ether oxygens (including phenoxy) is 2. The lowest BCUT2D eigenvalue weighted by molar-refractivity contribution is -0.119. The van der Waals surface area contributed by atoms with E-state index in [0.29, 0.717) is 88.8 Å². The van der Waals surface area contributed by atoms with E-state index in [9.17, 15) is 19.2 Å². The topological polar surface area (TPSA) is 191 Å². The van der Waals surface area contributed by atoms with Crippen molar-refractivity contribution in [3.63, 3.8) is 0 Å². The van der Waals surface area contributed by atoms with Crippen LogP contribution >= 0.6 is 0 Å². The molecule has 47 heavy (non-hydrogen) atoms. The number of hydrogen-bond acceptors (Lipinski definition) is 10. The second-order valence-corrected chi connectivity index (χ2v) is 11.8. The van der Waals surface area contributed by atoms with Crippen molar-refractivity contribution in [2.45, 2.75) is 39.8 Å². The molecule has 2 saturated heterocycles. The molecule has 1 spiro atoms. The third-order valence-electron chi connectivity index (χ3n) is 8.17. The number of nitrogens with zero attached hydrogens (tertiary/aromatic N) is 4. The summed E-state index contributed by atoms with van der Waals surface area (Å²) in [5.41, 5.74) is 1.48. The van der Waals surface area contributed by atoms with Crippen molar-refractivity contribution in [2.24, 2.45) is 5.41 Å². The van der Waals surface area contributed by atoms with Crippen LogP contribution in [0.25, 0.3) is 0 Å². The maximum Gasteiger partial charge on any atom is 0.323 e. The maximum absolute atomic E-state index is 13.2. The summed E-state index contributed by atoms with van der Waals surface area (Å²) in [6.45, 7) is 8.39. The first kappa shape index (κ1) is 35.2. The summed E-state index contributed by atoms with van der Waals surface area (Å²) < 4.78 is 10.9. The largest absolute Gasteiger partial charge is 0.481 e. The van der Waals surface area contributed by atoms with Crippen molar-refractivity contribution in [2.75, 3.05) is 77.2 Å². The van der Waals surface area contributed by atoms with E-state index in [1.54, 1.807) is 21.9 Å². The van der Waals surface area contributed by atoms with Gasteiger partial charge in [0.1, 0.15) is 11.6 Å². The Bertz CT molecular complexity index is 1320. The minimum atomic E-state index is -0.249. The fourth-order valence-corrected chi connectivity index (χ4v) is 5.73. The van der Waals surface area contributed by atoms with E-state index in [1.165, 1.54) is 28.1 Å². The van der Waals surface area contributed by atoms with Crippen molar-refractivity contribution < 1.29 is 28.7 Å². The van der Waals surface area contributed by atoms with Gasteiger partial charge in [-0.3, -0.25) is 20.2 Å². The van der Waals surface area contributed by atoms with Crippen molar-refractivity contribution >= 4 is 35.5 Å². The molecule has 2 aromatic heterocycles. The first-order valence-electron chi connectivity index (χ1n) is 15.7. The average Bonchev–Trinajstić information content (AvgIpc) is 3.67. The number of carbonyl (C=O) groups excluding carboxylic acids is 4. The van der Waals surface area contributed by atoms with E-state index < -0.39 is 0 Å². The quantitative estimate of drug-likeness (QED) is 0.161. The fourth-order valence-electron chi connectivity index (χ4n) is 5.73. The highest BCUT2D eigenvalue weighted by molar-refractivity contribution is 5.89. The van der Waals surface area contributed by atoms with Gasteiger partial charge in [0.2, 0.25) is 23.6 Å². The van der Waals surface area contributed by atoms with Gasteiger partial charge in [0.05, 0.1) is 14.2 Å². The molecule has 0 radical (unpaired) electrons. The molecule has 0 saturated carbocycles. The fraction of sp³-hybridized carbons (Fsp3) is 0.548. The number of aromatic nitrogens is 2. The predicted molar refractivity (Wildman–Crippen MR) is 175 cm³/mol. The molecule has 6 N–H and O–H groups in total. The molecule has 0 atom stereocenters. The lowest BCUT2D eigenvalue weighted by Crippen LogP contribution is -2.38. The Balaban J connectivity index is 1.24. The van der Waals surface area contributed by atoms with Crippen molar-refractivity contribution in [1.82, 2.24) is 41.0 Å². The van der Waals surface area contributed by atoms with Crippen LogP contribution in [0.2, 0.25) is 0 Å². The summed E-state index contributed by atoms with van der Waals surface area (Å²) in [6.07, 6.45) is 1.58. The smallest absolute Gasteiger partial charge is 0.323 e. The monoisotopic (exact) mass is 654 g/mol. The lowest BCUT2D eigenvalue weighted by atomic mass is 9.86. The van der Waals surface area contributed by atoms with Crippen LogP contribution in [-0.4, -0.2) is 110 Å². The molecule has 2 aliphatic heterocycles. The molecule has 0 aromatic carbocycles. The molecule has 0 aliphatic carbocycles. The van der Waals surface area contributed by atoms with Crippen molar-refractivity contribution in [1.29, 1.82) is 0 Å². The molecule has 4 rings (SSSR count). The van der Waals surface area contributed by atoms with Crippen molar-refractivity contribution in [3.8, 4) is 11.8 Å². The number of likely N-dealkylation sites (tertiary alicyclic amines) is 2. The molecule has 2 aliphatic rings. The van der Waals surface area contributed by atoms with Gasteiger partial charge in [-0.15, -0.1) is 0 Å². The van der Waals surface area contributed by atoms with Crippen LogP contribution in [-0.2, 0) is 22.7 Å². The zero-order valence-corrected chi connectivity index (χ0v) is 27.5.